The van der Waals surface area contributed by atoms with Crippen LogP contribution in [-0.4, -0.2) is 5.78 Å². The molecule has 0 fully saturated rings. The van der Waals surface area contributed by atoms with Gasteiger partial charge >= 0.3 is 0 Å². The first-order valence-corrected chi connectivity index (χ1v) is 9.23. The van der Waals surface area contributed by atoms with Crippen LogP contribution in [0.1, 0.15) is 53.7 Å². The zero-order valence-electron chi connectivity index (χ0n) is 15.7. The number of carbonyl (C=O) groups excluding carboxylic acids is 1. The molecule has 138 valence electrons. The molecule has 3 aromatic rings. The minimum absolute atomic E-state index is 0.0173. The third-order valence-corrected chi connectivity index (χ3v) is 4.68. The topological polar surface area (TPSA) is 29.1 Å². The Morgan fingerprint density at radius 1 is 0.852 bits per heavy atom. The molecule has 3 heteroatoms. The number of Topliss-reactive ketones (excluding diaryl/α,β-unsaturated/α-hetero) is 1. The van der Waals surface area contributed by atoms with Crippen LogP contribution in [0.4, 0.5) is 10.1 Å². The van der Waals surface area contributed by atoms with Gasteiger partial charge in [0.1, 0.15) is 5.82 Å². The Morgan fingerprint density at radius 3 is 2.04 bits per heavy atom. The van der Waals surface area contributed by atoms with E-state index in [-0.39, 0.29) is 17.6 Å². The van der Waals surface area contributed by atoms with Crippen molar-refractivity contribution in [2.45, 2.75) is 32.2 Å². The van der Waals surface area contributed by atoms with Gasteiger partial charge in [0.05, 0.1) is 6.04 Å². The Labute approximate surface area is 160 Å². The molecule has 0 aliphatic heterocycles. The number of carbonyl (C=O) groups is 1. The minimum Gasteiger partial charge on any atom is -0.378 e. The maximum Gasteiger partial charge on any atom is 0.165 e. The maximum absolute atomic E-state index is 13.1. The van der Waals surface area contributed by atoms with Crippen LogP contribution in [-0.2, 0) is 0 Å². The fraction of sp³-hybridized carbons (Fsp3) is 0.208. The molecule has 2 nitrogen and oxygen atoms in total. The molecule has 27 heavy (non-hydrogen) atoms. The molecule has 0 aliphatic carbocycles. The van der Waals surface area contributed by atoms with E-state index in [1.807, 2.05) is 30.3 Å². The second kappa shape index (κ2) is 8.63. The van der Waals surface area contributed by atoms with E-state index in [0.29, 0.717) is 17.9 Å². The lowest BCUT2D eigenvalue weighted by atomic mass is 9.95. The van der Waals surface area contributed by atoms with E-state index in [1.54, 1.807) is 12.1 Å². The van der Waals surface area contributed by atoms with Crippen LogP contribution in [0.2, 0.25) is 0 Å². The number of benzene rings is 3. The van der Waals surface area contributed by atoms with Gasteiger partial charge in [0.25, 0.3) is 0 Å². The van der Waals surface area contributed by atoms with E-state index < -0.39 is 0 Å². The molecule has 1 atom stereocenters. The summed E-state index contributed by atoms with van der Waals surface area (Å²) in [5.74, 6) is 0.103. The van der Waals surface area contributed by atoms with Crippen molar-refractivity contribution >= 4 is 11.5 Å². The number of hydrogen-bond donors (Lipinski definition) is 1. The van der Waals surface area contributed by atoms with Gasteiger partial charge < -0.3 is 5.32 Å². The van der Waals surface area contributed by atoms with Crippen molar-refractivity contribution in [1.82, 2.24) is 0 Å². The second-order valence-corrected chi connectivity index (χ2v) is 7.02. The summed E-state index contributed by atoms with van der Waals surface area (Å²) in [6.45, 7) is 4.32. The Bertz CT molecular complexity index is 871. The molecular formula is C24H24FNO. The monoisotopic (exact) mass is 361 g/mol. The fourth-order valence-electron chi connectivity index (χ4n) is 3.04. The summed E-state index contributed by atoms with van der Waals surface area (Å²) in [5, 5.41) is 3.46. The van der Waals surface area contributed by atoms with Crippen LogP contribution in [0, 0.1) is 5.82 Å². The van der Waals surface area contributed by atoms with Crippen molar-refractivity contribution in [3.05, 3.63) is 101 Å². The quantitative estimate of drug-likeness (QED) is 0.495. The van der Waals surface area contributed by atoms with E-state index in [2.05, 4.69) is 43.4 Å². The molecule has 0 amide bonds. The predicted octanol–water partition coefficient (Wildman–Crippen LogP) is 6.38. The third-order valence-electron chi connectivity index (χ3n) is 4.68. The van der Waals surface area contributed by atoms with Gasteiger partial charge in [-0.05, 0) is 53.4 Å². The normalized spacial score (nSPS) is 12.0. The average Bonchev–Trinajstić information content (AvgIpc) is 2.69. The highest BCUT2D eigenvalue weighted by atomic mass is 19.1. The molecular weight excluding hydrogens is 337 g/mol. The first kappa shape index (κ1) is 18.8. The number of para-hydroxylation sites is 1. The van der Waals surface area contributed by atoms with Gasteiger partial charge in [0.2, 0.25) is 0 Å². The molecule has 0 aromatic heterocycles. The molecule has 0 spiro atoms. The number of anilines is 1. The SMILES string of the molecule is CC(C)c1ccc(C(CC(=O)c2ccc(F)cc2)Nc2ccccc2)cc1. The molecule has 3 aromatic carbocycles. The molecule has 0 heterocycles. The Morgan fingerprint density at radius 2 is 1.44 bits per heavy atom. The Balaban J connectivity index is 1.84. The Hall–Kier alpha value is -2.94. The summed E-state index contributed by atoms with van der Waals surface area (Å²) in [6, 6.07) is 23.8. The highest BCUT2D eigenvalue weighted by molar-refractivity contribution is 5.96. The lowest BCUT2D eigenvalue weighted by Gasteiger charge is -2.21. The molecule has 1 N–H and O–H groups in total. The van der Waals surface area contributed by atoms with E-state index in [4.69, 9.17) is 0 Å². The van der Waals surface area contributed by atoms with Crippen molar-refractivity contribution in [1.29, 1.82) is 0 Å². The zero-order chi connectivity index (χ0) is 19.2. The van der Waals surface area contributed by atoms with Crippen LogP contribution in [0.5, 0.6) is 0 Å². The summed E-state index contributed by atoms with van der Waals surface area (Å²) in [4.78, 5) is 12.7. The number of halogens is 1. The van der Waals surface area contributed by atoms with Crippen LogP contribution in [0.25, 0.3) is 0 Å². The first-order valence-electron chi connectivity index (χ1n) is 9.23. The number of hydrogen-bond acceptors (Lipinski definition) is 2. The van der Waals surface area contributed by atoms with Crippen LogP contribution in [0.15, 0.2) is 78.9 Å². The lowest BCUT2D eigenvalue weighted by Crippen LogP contribution is -2.16. The van der Waals surface area contributed by atoms with Gasteiger partial charge in [-0.15, -0.1) is 0 Å². The van der Waals surface area contributed by atoms with E-state index in [0.717, 1.165) is 11.3 Å². The number of rotatable bonds is 7. The molecule has 3 rings (SSSR count). The fourth-order valence-corrected chi connectivity index (χ4v) is 3.04. The molecule has 0 radical (unpaired) electrons. The van der Waals surface area contributed by atoms with Gasteiger partial charge in [0, 0.05) is 17.7 Å². The van der Waals surface area contributed by atoms with Gasteiger partial charge in [0.15, 0.2) is 5.78 Å². The number of nitrogens with one attached hydrogen (secondary N) is 1. The molecule has 0 aliphatic rings. The second-order valence-electron chi connectivity index (χ2n) is 7.02. The summed E-state index contributed by atoms with van der Waals surface area (Å²) in [6.07, 6.45) is 0.293. The van der Waals surface area contributed by atoms with Gasteiger partial charge in [-0.3, -0.25) is 4.79 Å². The predicted molar refractivity (Wildman–Crippen MR) is 109 cm³/mol. The van der Waals surface area contributed by atoms with Gasteiger partial charge in [-0.2, -0.15) is 0 Å². The molecule has 1 unspecified atom stereocenters. The Kier molecular flexibility index (Phi) is 6.02. The minimum atomic E-state index is -0.338. The van der Waals surface area contributed by atoms with Crippen molar-refractivity contribution in [2.75, 3.05) is 5.32 Å². The average molecular weight is 361 g/mol. The summed E-state index contributed by atoms with van der Waals surface area (Å²) < 4.78 is 13.1. The lowest BCUT2D eigenvalue weighted by molar-refractivity contribution is 0.0976. The third kappa shape index (κ3) is 5.04. The first-order chi connectivity index (χ1) is 13.0. The molecule has 0 bridgehead atoms. The zero-order valence-corrected chi connectivity index (χ0v) is 15.7. The highest BCUT2D eigenvalue weighted by Crippen LogP contribution is 2.26. The van der Waals surface area contributed by atoms with Crippen molar-refractivity contribution in [3.63, 3.8) is 0 Å². The summed E-state index contributed by atoms with van der Waals surface area (Å²) in [5.41, 5.74) is 3.80. The van der Waals surface area contributed by atoms with Crippen LogP contribution < -0.4 is 5.32 Å². The van der Waals surface area contributed by atoms with Crippen molar-refractivity contribution < 1.29 is 9.18 Å². The van der Waals surface area contributed by atoms with Crippen molar-refractivity contribution in [2.24, 2.45) is 0 Å². The summed E-state index contributed by atoms with van der Waals surface area (Å²) >= 11 is 0. The maximum atomic E-state index is 13.1. The molecule has 0 saturated heterocycles. The van der Waals surface area contributed by atoms with Gasteiger partial charge in [-0.25, -0.2) is 4.39 Å². The van der Waals surface area contributed by atoms with E-state index in [1.165, 1.54) is 17.7 Å². The van der Waals surface area contributed by atoms with Crippen LogP contribution >= 0.6 is 0 Å². The standard InChI is InChI=1S/C24H24FNO/c1-17(2)18-8-10-19(11-9-18)23(26-22-6-4-3-5-7-22)16-24(27)20-12-14-21(25)15-13-20/h3-15,17,23,26H,16H2,1-2H3. The molecule has 0 saturated carbocycles. The van der Waals surface area contributed by atoms with E-state index >= 15 is 0 Å². The van der Waals surface area contributed by atoms with Crippen LogP contribution in [0.3, 0.4) is 0 Å². The van der Waals surface area contributed by atoms with Gasteiger partial charge in [-0.1, -0.05) is 56.3 Å². The smallest absolute Gasteiger partial charge is 0.165 e. The van der Waals surface area contributed by atoms with E-state index in [9.17, 15) is 9.18 Å². The number of ketones is 1. The summed E-state index contributed by atoms with van der Waals surface area (Å²) in [7, 11) is 0. The largest absolute Gasteiger partial charge is 0.378 e. The van der Waals surface area contributed by atoms with Crippen molar-refractivity contribution in [3.8, 4) is 0 Å². The highest BCUT2D eigenvalue weighted by Gasteiger charge is 2.18.